The van der Waals surface area contributed by atoms with E-state index in [-0.39, 0.29) is 5.91 Å². The van der Waals surface area contributed by atoms with Gasteiger partial charge in [-0.1, -0.05) is 18.2 Å². The molecule has 1 N–H and O–H groups in total. The Morgan fingerprint density at radius 2 is 2.13 bits per heavy atom. The highest BCUT2D eigenvalue weighted by Crippen LogP contribution is 2.27. The summed E-state index contributed by atoms with van der Waals surface area (Å²) in [4.78, 5) is 25.3. The summed E-state index contributed by atoms with van der Waals surface area (Å²) in [5, 5.41) is 6.26. The van der Waals surface area contributed by atoms with E-state index in [0.29, 0.717) is 13.0 Å². The molecule has 158 valence electrons. The lowest BCUT2D eigenvalue weighted by atomic mass is 9.95. The van der Waals surface area contributed by atoms with Gasteiger partial charge in [0.2, 0.25) is 5.91 Å². The fourth-order valence-corrected chi connectivity index (χ4v) is 5.86. The van der Waals surface area contributed by atoms with Gasteiger partial charge in [0.05, 0.1) is 23.2 Å². The Morgan fingerprint density at radius 3 is 2.97 bits per heavy atom. The second kappa shape index (κ2) is 8.86. The Bertz CT molecular complexity index is 1180. The maximum atomic E-state index is 12.4. The normalized spacial score (nSPS) is 14.0. The molecule has 7 heteroatoms. The molecule has 1 amide bonds. The molecule has 0 aliphatic carbocycles. The summed E-state index contributed by atoms with van der Waals surface area (Å²) in [6, 6.07) is 12.3. The van der Waals surface area contributed by atoms with Gasteiger partial charge in [0, 0.05) is 36.4 Å². The number of aryl methyl sites for hydroxylation is 1. The Labute approximate surface area is 189 Å². The minimum absolute atomic E-state index is 0.0627. The molecule has 0 saturated heterocycles. The smallest absolute Gasteiger partial charge is 0.225 e. The molecule has 4 heterocycles. The zero-order valence-electron chi connectivity index (χ0n) is 17.4. The molecule has 3 aromatic heterocycles. The first-order chi connectivity index (χ1) is 15.2. The van der Waals surface area contributed by atoms with Crippen LogP contribution in [0.5, 0.6) is 0 Å². The first-order valence-electron chi connectivity index (χ1n) is 10.5. The number of nitrogens with one attached hydrogen (secondary N) is 1. The van der Waals surface area contributed by atoms with Crippen molar-refractivity contribution in [1.29, 1.82) is 0 Å². The predicted molar refractivity (Wildman–Crippen MR) is 126 cm³/mol. The zero-order valence-corrected chi connectivity index (χ0v) is 19.1. The topological polar surface area (TPSA) is 58.1 Å². The number of hydrogen-bond acceptors (Lipinski definition) is 6. The van der Waals surface area contributed by atoms with Gasteiger partial charge in [-0.15, -0.1) is 22.7 Å². The van der Waals surface area contributed by atoms with Crippen LogP contribution in [0.15, 0.2) is 48.0 Å². The van der Waals surface area contributed by atoms with Crippen LogP contribution in [0.3, 0.4) is 0 Å². The number of carbonyl (C=O) groups is 1. The van der Waals surface area contributed by atoms with Crippen molar-refractivity contribution in [2.75, 3.05) is 6.54 Å². The molecule has 0 bridgehead atoms. The monoisotopic (exact) mass is 448 g/mol. The van der Waals surface area contributed by atoms with Gasteiger partial charge >= 0.3 is 0 Å². The minimum atomic E-state index is 0.0627. The standard InChI is InChI=1S/C24H24N4OS2/c1-16-20(13-26-23(29)11-18-5-4-10-30-18)19-8-9-28(14-17(19)12-25-16)15-24-27-21-6-2-3-7-22(21)31-24/h2-7,10,12H,8-9,11,13-15H2,1H3,(H,26,29). The van der Waals surface area contributed by atoms with Crippen molar-refractivity contribution in [3.8, 4) is 0 Å². The van der Waals surface area contributed by atoms with E-state index >= 15 is 0 Å². The Balaban J connectivity index is 1.26. The molecule has 1 aliphatic heterocycles. The number of pyridine rings is 1. The van der Waals surface area contributed by atoms with Gasteiger partial charge in [-0.2, -0.15) is 0 Å². The minimum Gasteiger partial charge on any atom is -0.352 e. The van der Waals surface area contributed by atoms with E-state index in [1.807, 2.05) is 36.7 Å². The third-order valence-electron chi connectivity index (χ3n) is 5.75. The number of para-hydroxylation sites is 1. The Kier molecular flexibility index (Phi) is 5.80. The second-order valence-corrected chi connectivity index (χ2v) is 10.0. The molecule has 31 heavy (non-hydrogen) atoms. The van der Waals surface area contributed by atoms with Gasteiger partial charge < -0.3 is 5.32 Å². The third kappa shape index (κ3) is 4.54. The molecule has 0 radical (unpaired) electrons. The number of hydrogen-bond donors (Lipinski definition) is 1. The van der Waals surface area contributed by atoms with Crippen LogP contribution in [0.4, 0.5) is 0 Å². The number of amides is 1. The molecule has 5 nitrogen and oxygen atoms in total. The van der Waals surface area contributed by atoms with E-state index in [2.05, 4.69) is 33.4 Å². The van der Waals surface area contributed by atoms with Crippen molar-refractivity contribution in [2.24, 2.45) is 0 Å². The number of thiophene rings is 1. The fourth-order valence-electron chi connectivity index (χ4n) is 4.15. The highest BCUT2D eigenvalue weighted by Gasteiger charge is 2.22. The van der Waals surface area contributed by atoms with Crippen molar-refractivity contribution in [3.63, 3.8) is 0 Å². The van der Waals surface area contributed by atoms with Crippen molar-refractivity contribution in [2.45, 2.75) is 39.4 Å². The summed E-state index contributed by atoms with van der Waals surface area (Å²) >= 11 is 3.39. The van der Waals surface area contributed by atoms with Crippen LogP contribution < -0.4 is 5.32 Å². The molecule has 0 spiro atoms. The molecule has 4 aromatic rings. The maximum absolute atomic E-state index is 12.4. The number of thiazole rings is 1. The number of nitrogens with zero attached hydrogens (tertiary/aromatic N) is 3. The number of carbonyl (C=O) groups excluding carboxylic acids is 1. The van der Waals surface area contributed by atoms with Crippen LogP contribution >= 0.6 is 22.7 Å². The molecule has 1 aliphatic rings. The fraction of sp³-hybridized carbons (Fsp3) is 0.292. The quantitative estimate of drug-likeness (QED) is 0.473. The Hall–Kier alpha value is -2.61. The summed E-state index contributed by atoms with van der Waals surface area (Å²) in [5.41, 5.74) is 5.88. The molecule has 0 unspecified atom stereocenters. The molecular weight excluding hydrogens is 424 g/mol. The van der Waals surface area contributed by atoms with Crippen LogP contribution in [0.25, 0.3) is 10.2 Å². The van der Waals surface area contributed by atoms with Crippen molar-refractivity contribution in [3.05, 3.63) is 80.2 Å². The predicted octanol–water partition coefficient (Wildman–Crippen LogP) is 4.48. The van der Waals surface area contributed by atoms with Crippen LogP contribution in [0, 0.1) is 6.92 Å². The number of fused-ring (bicyclic) bond motifs is 2. The van der Waals surface area contributed by atoms with Crippen LogP contribution in [0.2, 0.25) is 0 Å². The first-order valence-corrected chi connectivity index (χ1v) is 12.2. The lowest BCUT2D eigenvalue weighted by Crippen LogP contribution is -2.32. The van der Waals surface area contributed by atoms with Crippen LogP contribution in [-0.2, 0) is 37.3 Å². The van der Waals surface area contributed by atoms with E-state index in [1.165, 1.54) is 21.4 Å². The van der Waals surface area contributed by atoms with E-state index in [1.54, 1.807) is 22.7 Å². The molecular formula is C24H24N4OS2. The number of benzene rings is 1. The van der Waals surface area contributed by atoms with Gasteiger partial charge in [0.1, 0.15) is 5.01 Å². The highest BCUT2D eigenvalue weighted by atomic mass is 32.1. The van der Waals surface area contributed by atoms with E-state index in [9.17, 15) is 4.79 Å². The van der Waals surface area contributed by atoms with E-state index < -0.39 is 0 Å². The van der Waals surface area contributed by atoms with E-state index in [0.717, 1.165) is 47.2 Å². The first kappa shape index (κ1) is 20.3. The highest BCUT2D eigenvalue weighted by molar-refractivity contribution is 7.18. The molecule has 5 rings (SSSR count). The lowest BCUT2D eigenvalue weighted by molar-refractivity contribution is -0.120. The number of rotatable bonds is 6. The largest absolute Gasteiger partial charge is 0.352 e. The van der Waals surface area contributed by atoms with Crippen molar-refractivity contribution >= 4 is 38.8 Å². The SMILES string of the molecule is Cc1ncc2c(c1CNC(=O)Cc1cccs1)CCN(Cc1nc3ccccc3s1)C2. The van der Waals surface area contributed by atoms with E-state index in [4.69, 9.17) is 4.98 Å². The molecule has 0 fully saturated rings. The maximum Gasteiger partial charge on any atom is 0.225 e. The average Bonchev–Trinajstić information content (AvgIpc) is 3.42. The molecule has 1 aromatic carbocycles. The summed E-state index contributed by atoms with van der Waals surface area (Å²) in [6.07, 6.45) is 3.42. The third-order valence-corrected chi connectivity index (χ3v) is 7.65. The second-order valence-electron chi connectivity index (χ2n) is 7.89. The van der Waals surface area contributed by atoms with Crippen molar-refractivity contribution in [1.82, 2.24) is 20.2 Å². The van der Waals surface area contributed by atoms with Crippen LogP contribution in [0.1, 0.15) is 32.3 Å². The zero-order chi connectivity index (χ0) is 21.2. The summed E-state index contributed by atoms with van der Waals surface area (Å²) in [5.74, 6) is 0.0627. The molecule has 0 saturated carbocycles. The molecule has 0 atom stereocenters. The lowest BCUT2D eigenvalue weighted by Gasteiger charge is -2.29. The summed E-state index contributed by atoms with van der Waals surface area (Å²) < 4.78 is 1.24. The van der Waals surface area contributed by atoms with Gasteiger partial charge in [0.15, 0.2) is 0 Å². The van der Waals surface area contributed by atoms with Gasteiger partial charge in [-0.05, 0) is 53.6 Å². The van der Waals surface area contributed by atoms with Gasteiger partial charge in [-0.25, -0.2) is 4.98 Å². The Morgan fingerprint density at radius 1 is 1.23 bits per heavy atom. The van der Waals surface area contributed by atoms with Crippen molar-refractivity contribution < 1.29 is 4.79 Å². The van der Waals surface area contributed by atoms with Gasteiger partial charge in [-0.3, -0.25) is 14.7 Å². The average molecular weight is 449 g/mol. The van der Waals surface area contributed by atoms with Crippen LogP contribution in [-0.4, -0.2) is 27.3 Å². The summed E-state index contributed by atoms with van der Waals surface area (Å²) in [6.45, 7) is 5.30. The van der Waals surface area contributed by atoms with Gasteiger partial charge in [0.25, 0.3) is 0 Å². The number of aromatic nitrogens is 2. The summed E-state index contributed by atoms with van der Waals surface area (Å²) in [7, 11) is 0.